The molecule has 0 bridgehead atoms. The lowest BCUT2D eigenvalue weighted by atomic mass is 9.99. The van der Waals surface area contributed by atoms with Gasteiger partial charge in [-0.1, -0.05) is 61.8 Å². The summed E-state index contributed by atoms with van der Waals surface area (Å²) >= 11 is 5.96. The van der Waals surface area contributed by atoms with Crippen LogP contribution in [0.2, 0.25) is 5.02 Å². The Hall–Kier alpha value is -3.18. The molecule has 0 aliphatic heterocycles. The van der Waals surface area contributed by atoms with Gasteiger partial charge in [-0.2, -0.15) is 5.10 Å². The third-order valence-electron chi connectivity index (χ3n) is 4.76. The summed E-state index contributed by atoms with van der Waals surface area (Å²) in [7, 11) is 0. The maximum Gasteiger partial charge on any atom is 0.336 e. The quantitative estimate of drug-likeness (QED) is 0.463. The Balaban J connectivity index is 1.88. The van der Waals surface area contributed by atoms with Crippen LogP contribution in [0.25, 0.3) is 33.5 Å². The summed E-state index contributed by atoms with van der Waals surface area (Å²) in [5.41, 5.74) is 4.58. The molecule has 0 unspecified atom stereocenters. The second kappa shape index (κ2) is 7.09. The van der Waals surface area contributed by atoms with Gasteiger partial charge in [0.15, 0.2) is 5.65 Å². The smallest absolute Gasteiger partial charge is 0.336 e. The van der Waals surface area contributed by atoms with Crippen molar-refractivity contribution in [3.8, 4) is 22.5 Å². The molecule has 5 nitrogen and oxygen atoms in total. The Bertz CT molecular complexity index is 1160. The molecule has 0 spiro atoms. The van der Waals surface area contributed by atoms with Gasteiger partial charge >= 0.3 is 5.97 Å². The van der Waals surface area contributed by atoms with Crippen molar-refractivity contribution in [1.82, 2.24) is 15.2 Å². The van der Waals surface area contributed by atoms with E-state index in [4.69, 9.17) is 11.6 Å². The average Bonchev–Trinajstić information content (AvgIpc) is 3.12. The topological polar surface area (TPSA) is 78.9 Å². The zero-order chi connectivity index (χ0) is 19.8. The highest BCUT2D eigenvalue weighted by Crippen LogP contribution is 2.32. The van der Waals surface area contributed by atoms with Crippen molar-refractivity contribution in [3.05, 3.63) is 70.7 Å². The van der Waals surface area contributed by atoms with E-state index in [1.54, 1.807) is 18.2 Å². The highest BCUT2D eigenvalue weighted by molar-refractivity contribution is 6.30. The maximum atomic E-state index is 12.0. The van der Waals surface area contributed by atoms with Crippen molar-refractivity contribution in [2.75, 3.05) is 0 Å². The van der Waals surface area contributed by atoms with Crippen LogP contribution >= 0.6 is 11.6 Å². The Morgan fingerprint density at radius 1 is 1.04 bits per heavy atom. The monoisotopic (exact) mass is 391 g/mol. The molecular formula is C22H18ClN3O2. The first-order valence-electron chi connectivity index (χ1n) is 8.92. The number of rotatable bonds is 4. The number of carboxylic acid groups (broad SMARTS) is 1. The van der Waals surface area contributed by atoms with Crippen molar-refractivity contribution in [2.24, 2.45) is 0 Å². The van der Waals surface area contributed by atoms with Crippen LogP contribution in [0.1, 0.15) is 35.7 Å². The summed E-state index contributed by atoms with van der Waals surface area (Å²) in [4.78, 5) is 16.6. The average molecular weight is 392 g/mol. The van der Waals surface area contributed by atoms with E-state index in [-0.39, 0.29) is 5.56 Å². The third kappa shape index (κ3) is 3.25. The van der Waals surface area contributed by atoms with E-state index >= 15 is 0 Å². The molecular weight excluding hydrogens is 374 g/mol. The number of H-pyrrole nitrogens is 1. The molecule has 0 atom stereocenters. The number of aromatic nitrogens is 3. The minimum atomic E-state index is -1.02. The van der Waals surface area contributed by atoms with Crippen LogP contribution in [0.15, 0.2) is 54.6 Å². The van der Waals surface area contributed by atoms with Gasteiger partial charge in [0, 0.05) is 16.1 Å². The molecule has 2 aromatic carbocycles. The number of hydrogen-bond donors (Lipinski definition) is 2. The fourth-order valence-electron chi connectivity index (χ4n) is 3.20. The molecule has 0 fully saturated rings. The molecule has 6 heteroatoms. The summed E-state index contributed by atoms with van der Waals surface area (Å²) in [5, 5.41) is 18.1. The largest absolute Gasteiger partial charge is 0.478 e. The van der Waals surface area contributed by atoms with Gasteiger partial charge in [0.05, 0.1) is 22.3 Å². The van der Waals surface area contributed by atoms with Crippen molar-refractivity contribution < 1.29 is 9.90 Å². The second-order valence-electron chi connectivity index (χ2n) is 6.94. The number of hydrogen-bond acceptors (Lipinski definition) is 3. The molecule has 0 radical (unpaired) electrons. The predicted octanol–water partition coefficient (Wildman–Crippen LogP) is 5.77. The zero-order valence-electron chi connectivity index (χ0n) is 15.4. The summed E-state index contributed by atoms with van der Waals surface area (Å²) in [6.07, 6.45) is 0. The summed E-state index contributed by atoms with van der Waals surface area (Å²) in [6, 6.07) is 16.7. The molecule has 0 saturated carbocycles. The third-order valence-corrected chi connectivity index (χ3v) is 5.01. The van der Waals surface area contributed by atoms with E-state index in [9.17, 15) is 9.90 Å². The number of nitrogens with one attached hydrogen (secondary N) is 1. The van der Waals surface area contributed by atoms with E-state index < -0.39 is 5.97 Å². The lowest BCUT2D eigenvalue weighted by molar-refractivity contribution is 0.0699. The van der Waals surface area contributed by atoms with Gasteiger partial charge < -0.3 is 5.11 Å². The van der Waals surface area contributed by atoms with E-state index in [1.807, 2.05) is 36.4 Å². The standard InChI is InChI=1S/C22H18ClN3O2/c1-12(2)13-3-5-14(6-4-13)18-11-17(22(27)28)19-20(25-26-21(19)24-18)15-7-9-16(23)10-8-15/h3-12H,1-2H3,(H,27,28)(H,24,25,26). The van der Waals surface area contributed by atoms with Gasteiger partial charge in [0.2, 0.25) is 0 Å². The number of nitrogens with zero attached hydrogens (tertiary/aromatic N) is 2. The summed E-state index contributed by atoms with van der Waals surface area (Å²) < 4.78 is 0. The highest BCUT2D eigenvalue weighted by Gasteiger charge is 2.19. The molecule has 140 valence electrons. The maximum absolute atomic E-state index is 12.0. The lowest BCUT2D eigenvalue weighted by Gasteiger charge is -2.08. The molecule has 0 aliphatic carbocycles. The molecule has 0 amide bonds. The number of carbonyl (C=O) groups is 1. The van der Waals surface area contributed by atoms with Gasteiger partial charge in [-0.3, -0.25) is 5.10 Å². The number of halogens is 1. The van der Waals surface area contributed by atoms with Crippen molar-refractivity contribution in [1.29, 1.82) is 0 Å². The van der Waals surface area contributed by atoms with Crippen LogP contribution in [-0.2, 0) is 0 Å². The van der Waals surface area contributed by atoms with Gasteiger partial charge in [-0.25, -0.2) is 9.78 Å². The first-order valence-corrected chi connectivity index (χ1v) is 9.30. The van der Waals surface area contributed by atoms with Crippen LogP contribution in [0, 0.1) is 0 Å². The van der Waals surface area contributed by atoms with Crippen LogP contribution in [0.4, 0.5) is 0 Å². The summed E-state index contributed by atoms with van der Waals surface area (Å²) in [5.74, 6) is -0.601. The number of aromatic carboxylic acids is 1. The van der Waals surface area contributed by atoms with Gasteiger partial charge in [-0.05, 0) is 29.7 Å². The molecule has 0 saturated heterocycles. The Labute approximate surface area is 167 Å². The fraction of sp³-hybridized carbons (Fsp3) is 0.136. The molecule has 28 heavy (non-hydrogen) atoms. The van der Waals surface area contributed by atoms with E-state index in [0.717, 1.165) is 11.1 Å². The van der Waals surface area contributed by atoms with Crippen LogP contribution in [0.3, 0.4) is 0 Å². The van der Waals surface area contributed by atoms with Gasteiger partial charge in [0.1, 0.15) is 0 Å². The number of fused-ring (bicyclic) bond motifs is 1. The van der Waals surface area contributed by atoms with E-state index in [2.05, 4.69) is 29.0 Å². The summed E-state index contributed by atoms with van der Waals surface area (Å²) in [6.45, 7) is 4.26. The van der Waals surface area contributed by atoms with Crippen LogP contribution in [-0.4, -0.2) is 26.3 Å². The molecule has 2 N–H and O–H groups in total. The Morgan fingerprint density at radius 2 is 1.68 bits per heavy atom. The molecule has 4 aromatic rings. The van der Waals surface area contributed by atoms with Crippen molar-refractivity contribution in [2.45, 2.75) is 19.8 Å². The van der Waals surface area contributed by atoms with Crippen molar-refractivity contribution >= 4 is 28.6 Å². The normalized spacial score (nSPS) is 11.3. The number of aromatic amines is 1. The zero-order valence-corrected chi connectivity index (χ0v) is 16.2. The molecule has 0 aliphatic rings. The fourth-order valence-corrected chi connectivity index (χ4v) is 3.33. The van der Waals surface area contributed by atoms with Gasteiger partial charge in [0.25, 0.3) is 0 Å². The number of benzene rings is 2. The van der Waals surface area contributed by atoms with Crippen LogP contribution < -0.4 is 0 Å². The number of pyridine rings is 1. The van der Waals surface area contributed by atoms with Crippen LogP contribution in [0.5, 0.6) is 0 Å². The SMILES string of the molecule is CC(C)c1ccc(-c2cc(C(=O)O)c3c(-c4ccc(Cl)cc4)[nH]nc3n2)cc1. The molecule has 2 aromatic heterocycles. The molecule has 2 heterocycles. The molecule has 4 rings (SSSR count). The van der Waals surface area contributed by atoms with E-state index in [1.165, 1.54) is 5.56 Å². The Morgan fingerprint density at radius 3 is 2.29 bits per heavy atom. The first-order chi connectivity index (χ1) is 13.4. The lowest BCUT2D eigenvalue weighted by Crippen LogP contribution is -2.00. The first kappa shape index (κ1) is 18.2. The van der Waals surface area contributed by atoms with Gasteiger partial charge in [-0.15, -0.1) is 0 Å². The van der Waals surface area contributed by atoms with Crippen molar-refractivity contribution in [3.63, 3.8) is 0 Å². The number of carboxylic acids is 1. The van der Waals surface area contributed by atoms with E-state index in [0.29, 0.717) is 33.4 Å². The minimum Gasteiger partial charge on any atom is -0.478 e. The predicted molar refractivity (Wildman–Crippen MR) is 111 cm³/mol. The minimum absolute atomic E-state index is 0.159. The Kier molecular flexibility index (Phi) is 4.61. The highest BCUT2D eigenvalue weighted by atomic mass is 35.5. The second-order valence-corrected chi connectivity index (χ2v) is 7.38.